The van der Waals surface area contributed by atoms with Crippen LogP contribution in [0.25, 0.3) is 0 Å². The Morgan fingerprint density at radius 1 is 1.36 bits per heavy atom. The summed E-state index contributed by atoms with van der Waals surface area (Å²) in [6, 6.07) is 0. The molecule has 0 spiro atoms. The molecule has 1 aliphatic rings. The van der Waals surface area contributed by atoms with Crippen molar-refractivity contribution in [2.45, 2.75) is 25.6 Å². The zero-order chi connectivity index (χ0) is 8.27. The van der Waals surface area contributed by atoms with E-state index in [1.165, 1.54) is 0 Å². The van der Waals surface area contributed by atoms with Crippen LogP contribution in [0.4, 0.5) is 0 Å². The van der Waals surface area contributed by atoms with Crippen molar-refractivity contribution < 1.29 is 15.1 Å². The molecule has 0 aromatic carbocycles. The molecule has 4 heteroatoms. The maximum atomic E-state index is 9.10. The van der Waals surface area contributed by atoms with Gasteiger partial charge in [-0.3, -0.25) is 4.84 Å². The van der Waals surface area contributed by atoms with Crippen LogP contribution in [0.1, 0.15) is 13.3 Å². The molecule has 0 aromatic heterocycles. The van der Waals surface area contributed by atoms with Gasteiger partial charge in [0.1, 0.15) is 0 Å². The summed E-state index contributed by atoms with van der Waals surface area (Å²) >= 11 is 0. The molecule has 1 saturated heterocycles. The number of rotatable bonds is 3. The Kier molecular flexibility index (Phi) is 3.26. The molecule has 1 heterocycles. The molecule has 0 aliphatic carbocycles. The summed E-state index contributed by atoms with van der Waals surface area (Å²) in [6.07, 6.45) is -0.346. The molecule has 2 unspecified atom stereocenters. The number of nitrogens with zero attached hydrogens (tertiary/aromatic N) is 1. The largest absolute Gasteiger partial charge is 0.389 e. The zero-order valence-corrected chi connectivity index (χ0v) is 6.73. The predicted molar refractivity (Wildman–Crippen MR) is 39.8 cm³/mol. The standard InChI is InChI=1S/C7H15NO3/c1-2-3-11-8-4-6(9)7(10)5-8/h6-7,9-10H,2-5H2,1H3. The third-order valence-corrected chi connectivity index (χ3v) is 1.70. The minimum absolute atomic E-state index is 0.418. The van der Waals surface area contributed by atoms with E-state index in [1.807, 2.05) is 6.92 Å². The molecule has 4 nitrogen and oxygen atoms in total. The highest BCUT2D eigenvalue weighted by molar-refractivity contribution is 4.78. The summed E-state index contributed by atoms with van der Waals surface area (Å²) in [5, 5.41) is 19.8. The van der Waals surface area contributed by atoms with Crippen molar-refractivity contribution >= 4 is 0 Å². The normalized spacial score (nSPS) is 33.0. The van der Waals surface area contributed by atoms with Crippen LogP contribution in [0.15, 0.2) is 0 Å². The van der Waals surface area contributed by atoms with Crippen molar-refractivity contribution in [3.8, 4) is 0 Å². The van der Waals surface area contributed by atoms with Crippen LogP contribution in [0.3, 0.4) is 0 Å². The molecule has 0 bridgehead atoms. The van der Waals surface area contributed by atoms with Gasteiger partial charge in [-0.25, -0.2) is 0 Å². The first kappa shape index (κ1) is 8.93. The van der Waals surface area contributed by atoms with Gasteiger partial charge in [0, 0.05) is 0 Å². The molecular weight excluding hydrogens is 146 g/mol. The minimum atomic E-state index is -0.646. The maximum Gasteiger partial charge on any atom is 0.0962 e. The van der Waals surface area contributed by atoms with Gasteiger partial charge in [-0.15, -0.1) is 0 Å². The highest BCUT2D eigenvalue weighted by Gasteiger charge is 2.29. The summed E-state index contributed by atoms with van der Waals surface area (Å²) in [7, 11) is 0. The lowest BCUT2D eigenvalue weighted by Gasteiger charge is -2.13. The fourth-order valence-corrected chi connectivity index (χ4v) is 1.06. The fraction of sp³-hybridized carbons (Fsp3) is 1.00. The minimum Gasteiger partial charge on any atom is -0.389 e. The molecule has 1 fully saturated rings. The third kappa shape index (κ3) is 2.41. The second-order valence-electron chi connectivity index (χ2n) is 2.81. The van der Waals surface area contributed by atoms with Gasteiger partial charge in [0.25, 0.3) is 0 Å². The number of hydroxylamine groups is 2. The third-order valence-electron chi connectivity index (χ3n) is 1.70. The second kappa shape index (κ2) is 4.01. The van der Waals surface area contributed by atoms with Gasteiger partial charge >= 0.3 is 0 Å². The first-order chi connectivity index (χ1) is 5.24. The summed E-state index contributed by atoms with van der Waals surface area (Å²) in [5.41, 5.74) is 0. The van der Waals surface area contributed by atoms with Crippen LogP contribution in [0.2, 0.25) is 0 Å². The van der Waals surface area contributed by atoms with Gasteiger partial charge in [-0.05, 0) is 6.42 Å². The van der Waals surface area contributed by atoms with Crippen LogP contribution in [0, 0.1) is 0 Å². The Morgan fingerprint density at radius 2 is 1.91 bits per heavy atom. The summed E-state index contributed by atoms with van der Waals surface area (Å²) < 4.78 is 0. The molecular formula is C7H15NO3. The number of hydrogen-bond acceptors (Lipinski definition) is 4. The van der Waals surface area contributed by atoms with E-state index < -0.39 is 12.2 Å². The van der Waals surface area contributed by atoms with E-state index in [0.717, 1.165) is 6.42 Å². The van der Waals surface area contributed by atoms with Gasteiger partial charge in [0.15, 0.2) is 0 Å². The lowest BCUT2D eigenvalue weighted by Crippen LogP contribution is -2.22. The monoisotopic (exact) mass is 161 g/mol. The SMILES string of the molecule is CCCON1CC(O)C(O)C1. The van der Waals surface area contributed by atoms with E-state index >= 15 is 0 Å². The van der Waals surface area contributed by atoms with Crippen LogP contribution in [-0.2, 0) is 4.84 Å². The molecule has 0 aromatic rings. The topological polar surface area (TPSA) is 52.9 Å². The zero-order valence-electron chi connectivity index (χ0n) is 6.73. The Labute approximate surface area is 66.3 Å². The first-order valence-electron chi connectivity index (χ1n) is 3.98. The predicted octanol–water partition coefficient (Wildman–Crippen LogP) is -0.635. The lowest BCUT2D eigenvalue weighted by atomic mass is 10.3. The Hall–Kier alpha value is -0.160. The average Bonchev–Trinajstić information content (AvgIpc) is 2.28. The molecule has 0 saturated carbocycles. The van der Waals surface area contributed by atoms with Crippen LogP contribution < -0.4 is 0 Å². The average molecular weight is 161 g/mol. The van der Waals surface area contributed by atoms with E-state index in [2.05, 4.69) is 0 Å². The van der Waals surface area contributed by atoms with E-state index in [1.54, 1.807) is 5.06 Å². The molecule has 2 N–H and O–H groups in total. The van der Waals surface area contributed by atoms with Gasteiger partial charge in [-0.2, -0.15) is 5.06 Å². The Morgan fingerprint density at radius 3 is 2.36 bits per heavy atom. The molecule has 11 heavy (non-hydrogen) atoms. The van der Waals surface area contributed by atoms with E-state index in [0.29, 0.717) is 19.7 Å². The lowest BCUT2D eigenvalue weighted by molar-refractivity contribution is -0.149. The van der Waals surface area contributed by atoms with Crippen LogP contribution >= 0.6 is 0 Å². The summed E-state index contributed by atoms with van der Waals surface area (Å²) in [5.74, 6) is 0. The molecule has 2 atom stereocenters. The highest BCUT2D eigenvalue weighted by Crippen LogP contribution is 2.09. The number of β-amino-alcohol motifs (C(OH)–C–C–N with tert-alkyl or cyclic N) is 2. The molecule has 0 amide bonds. The van der Waals surface area contributed by atoms with Gasteiger partial charge in [-0.1, -0.05) is 6.92 Å². The van der Waals surface area contributed by atoms with Gasteiger partial charge in [0.2, 0.25) is 0 Å². The fourth-order valence-electron chi connectivity index (χ4n) is 1.06. The van der Waals surface area contributed by atoms with Crippen molar-refractivity contribution in [2.75, 3.05) is 19.7 Å². The summed E-state index contributed by atoms with van der Waals surface area (Å²) in [6.45, 7) is 3.50. The van der Waals surface area contributed by atoms with Gasteiger partial charge < -0.3 is 10.2 Å². The highest BCUT2D eigenvalue weighted by atomic mass is 16.7. The number of hydrogen-bond donors (Lipinski definition) is 2. The van der Waals surface area contributed by atoms with Gasteiger partial charge in [0.05, 0.1) is 31.9 Å². The Bertz CT molecular complexity index is 110. The quantitative estimate of drug-likeness (QED) is 0.578. The smallest absolute Gasteiger partial charge is 0.0962 e. The number of aliphatic hydroxyl groups excluding tert-OH is 2. The van der Waals surface area contributed by atoms with Crippen LogP contribution in [-0.4, -0.2) is 47.2 Å². The number of aliphatic hydroxyl groups is 2. The Balaban J connectivity index is 2.18. The van der Waals surface area contributed by atoms with Crippen molar-refractivity contribution in [2.24, 2.45) is 0 Å². The molecule has 1 rings (SSSR count). The van der Waals surface area contributed by atoms with Crippen molar-refractivity contribution in [1.29, 1.82) is 0 Å². The molecule has 1 aliphatic heterocycles. The van der Waals surface area contributed by atoms with Crippen LogP contribution in [0.5, 0.6) is 0 Å². The summed E-state index contributed by atoms with van der Waals surface area (Å²) in [4.78, 5) is 5.21. The van der Waals surface area contributed by atoms with E-state index in [-0.39, 0.29) is 0 Å². The molecule has 66 valence electrons. The van der Waals surface area contributed by atoms with E-state index in [4.69, 9.17) is 15.1 Å². The molecule has 0 radical (unpaired) electrons. The second-order valence-corrected chi connectivity index (χ2v) is 2.81. The van der Waals surface area contributed by atoms with Crippen molar-refractivity contribution in [3.63, 3.8) is 0 Å². The van der Waals surface area contributed by atoms with Crippen molar-refractivity contribution in [1.82, 2.24) is 5.06 Å². The maximum absolute atomic E-state index is 9.10. The first-order valence-corrected chi connectivity index (χ1v) is 3.98. The van der Waals surface area contributed by atoms with Crippen molar-refractivity contribution in [3.05, 3.63) is 0 Å². The van der Waals surface area contributed by atoms with E-state index in [9.17, 15) is 0 Å².